The predicted octanol–water partition coefficient (Wildman–Crippen LogP) is 2.55. The minimum atomic E-state index is -3.35. The van der Waals surface area contributed by atoms with Gasteiger partial charge in [-0.15, -0.1) is 0 Å². The van der Waals surface area contributed by atoms with Crippen molar-refractivity contribution in [1.82, 2.24) is 9.69 Å². The van der Waals surface area contributed by atoms with Crippen LogP contribution in [0, 0.1) is 6.92 Å². The van der Waals surface area contributed by atoms with Crippen molar-refractivity contribution in [3.8, 4) is 0 Å². The van der Waals surface area contributed by atoms with E-state index < -0.39 is 24.0 Å². The smallest absolute Gasteiger partial charge is 0.293 e. The van der Waals surface area contributed by atoms with E-state index in [1.165, 1.54) is 0 Å². The molecule has 22 heavy (non-hydrogen) atoms. The SMILES string of the molecule is CNc1snc(C)c1C(=O)NCC(F)(F)C1(O)CCCCC1. The van der Waals surface area contributed by atoms with E-state index in [4.69, 9.17) is 0 Å². The monoisotopic (exact) mass is 333 g/mol. The average Bonchev–Trinajstić information content (AvgIpc) is 2.86. The molecular weight excluding hydrogens is 312 g/mol. The Balaban J connectivity index is 2.05. The Morgan fingerprint density at radius 3 is 2.64 bits per heavy atom. The maximum atomic E-state index is 14.3. The zero-order chi connectivity index (χ0) is 16.4. The minimum absolute atomic E-state index is 0.0661. The standard InChI is InChI=1S/C14H21F2N3O2S/c1-9-10(12(17-2)22-19-9)11(20)18-8-14(15,16)13(21)6-4-3-5-7-13/h17,21H,3-8H2,1-2H3,(H,18,20). The highest BCUT2D eigenvalue weighted by Gasteiger charge is 2.52. The predicted molar refractivity (Wildman–Crippen MR) is 81.7 cm³/mol. The summed E-state index contributed by atoms with van der Waals surface area (Å²) in [6.45, 7) is 0.778. The van der Waals surface area contributed by atoms with Gasteiger partial charge in [0, 0.05) is 7.05 Å². The van der Waals surface area contributed by atoms with Crippen molar-refractivity contribution in [2.45, 2.75) is 50.6 Å². The molecule has 1 aliphatic carbocycles. The second kappa shape index (κ2) is 6.45. The first-order valence-electron chi connectivity index (χ1n) is 7.33. The largest absolute Gasteiger partial charge is 0.384 e. The van der Waals surface area contributed by atoms with E-state index in [2.05, 4.69) is 15.0 Å². The number of aliphatic hydroxyl groups is 1. The number of carbonyl (C=O) groups is 1. The van der Waals surface area contributed by atoms with Crippen LogP contribution in [0.4, 0.5) is 13.8 Å². The lowest BCUT2D eigenvalue weighted by atomic mass is 9.80. The Morgan fingerprint density at radius 2 is 2.05 bits per heavy atom. The Bertz CT molecular complexity index is 542. The van der Waals surface area contributed by atoms with Gasteiger partial charge in [-0.1, -0.05) is 19.3 Å². The van der Waals surface area contributed by atoms with Crippen LogP contribution in [0.15, 0.2) is 0 Å². The highest BCUT2D eigenvalue weighted by Crippen LogP contribution is 2.40. The Kier molecular flexibility index (Phi) is 5.01. The number of rotatable bonds is 5. The molecule has 0 radical (unpaired) electrons. The van der Waals surface area contributed by atoms with Crippen molar-refractivity contribution < 1.29 is 18.7 Å². The van der Waals surface area contributed by atoms with Gasteiger partial charge in [0.1, 0.15) is 10.6 Å². The zero-order valence-corrected chi connectivity index (χ0v) is 13.5. The van der Waals surface area contributed by atoms with Crippen LogP contribution in [0.1, 0.15) is 48.2 Å². The number of aromatic nitrogens is 1. The molecule has 0 unspecified atom stereocenters. The van der Waals surface area contributed by atoms with E-state index in [1.54, 1.807) is 14.0 Å². The van der Waals surface area contributed by atoms with Gasteiger partial charge in [0.2, 0.25) is 0 Å². The second-order valence-electron chi connectivity index (χ2n) is 5.70. The van der Waals surface area contributed by atoms with Crippen molar-refractivity contribution in [1.29, 1.82) is 0 Å². The van der Waals surface area contributed by atoms with Crippen LogP contribution in [0.2, 0.25) is 0 Å². The highest BCUT2D eigenvalue weighted by atomic mass is 32.1. The van der Waals surface area contributed by atoms with Gasteiger partial charge in [0.25, 0.3) is 11.8 Å². The minimum Gasteiger partial charge on any atom is -0.384 e. The van der Waals surface area contributed by atoms with Crippen molar-refractivity contribution >= 4 is 22.4 Å². The van der Waals surface area contributed by atoms with Gasteiger partial charge in [0.15, 0.2) is 0 Å². The lowest BCUT2D eigenvalue weighted by Crippen LogP contribution is -2.55. The molecule has 3 N–H and O–H groups in total. The normalized spacial score (nSPS) is 18.0. The van der Waals surface area contributed by atoms with Crippen LogP contribution in [-0.4, -0.2) is 40.5 Å². The fourth-order valence-electron chi connectivity index (χ4n) is 2.75. The van der Waals surface area contributed by atoms with E-state index in [1.807, 2.05) is 0 Å². The summed E-state index contributed by atoms with van der Waals surface area (Å²) in [5.41, 5.74) is -1.25. The van der Waals surface area contributed by atoms with Crippen LogP contribution in [0.5, 0.6) is 0 Å². The molecule has 5 nitrogen and oxygen atoms in total. The molecule has 2 rings (SSSR count). The lowest BCUT2D eigenvalue weighted by Gasteiger charge is -2.38. The number of alkyl halides is 2. The number of nitrogens with zero attached hydrogens (tertiary/aromatic N) is 1. The number of hydrogen-bond donors (Lipinski definition) is 3. The fourth-order valence-corrected chi connectivity index (χ4v) is 3.50. The number of carbonyl (C=O) groups excluding carboxylic acids is 1. The maximum Gasteiger partial charge on any atom is 0.293 e. The molecule has 0 spiro atoms. The first kappa shape index (κ1) is 17.1. The first-order chi connectivity index (χ1) is 10.3. The van der Waals surface area contributed by atoms with Gasteiger partial charge in [-0.3, -0.25) is 4.79 Å². The topological polar surface area (TPSA) is 74.2 Å². The van der Waals surface area contributed by atoms with Crippen LogP contribution < -0.4 is 10.6 Å². The summed E-state index contributed by atoms with van der Waals surface area (Å²) < 4.78 is 32.6. The summed E-state index contributed by atoms with van der Waals surface area (Å²) in [7, 11) is 1.64. The lowest BCUT2D eigenvalue weighted by molar-refractivity contribution is -0.191. The molecule has 0 bridgehead atoms. The fraction of sp³-hybridized carbons (Fsp3) is 0.714. The van der Waals surface area contributed by atoms with Crippen molar-refractivity contribution in [2.75, 3.05) is 18.9 Å². The molecule has 0 saturated heterocycles. The molecule has 124 valence electrons. The van der Waals surface area contributed by atoms with Gasteiger partial charge in [-0.2, -0.15) is 4.37 Å². The molecule has 1 fully saturated rings. The number of nitrogens with one attached hydrogen (secondary N) is 2. The van der Waals surface area contributed by atoms with E-state index in [0.29, 0.717) is 23.5 Å². The molecule has 0 atom stereocenters. The number of aryl methyl sites for hydroxylation is 1. The molecular formula is C14H21F2N3O2S. The molecule has 0 aliphatic heterocycles. The first-order valence-corrected chi connectivity index (χ1v) is 8.10. The van der Waals surface area contributed by atoms with E-state index in [0.717, 1.165) is 18.0 Å². The van der Waals surface area contributed by atoms with Crippen LogP contribution >= 0.6 is 11.5 Å². The summed E-state index contributed by atoms with van der Waals surface area (Å²) in [6, 6.07) is 0. The summed E-state index contributed by atoms with van der Waals surface area (Å²) in [5, 5.41) is 15.8. The van der Waals surface area contributed by atoms with Crippen LogP contribution in [0.25, 0.3) is 0 Å². The molecule has 1 aromatic rings. The van der Waals surface area contributed by atoms with Crippen molar-refractivity contribution in [3.63, 3.8) is 0 Å². The summed E-state index contributed by atoms with van der Waals surface area (Å²) in [4.78, 5) is 12.1. The second-order valence-corrected chi connectivity index (χ2v) is 6.47. The number of amides is 1. The Hall–Kier alpha value is -1.28. The molecule has 1 amide bonds. The zero-order valence-electron chi connectivity index (χ0n) is 12.7. The van der Waals surface area contributed by atoms with Crippen LogP contribution in [0.3, 0.4) is 0 Å². The third-order valence-electron chi connectivity index (χ3n) is 4.15. The molecule has 1 aromatic heterocycles. The number of anilines is 1. The number of hydrogen-bond acceptors (Lipinski definition) is 5. The Morgan fingerprint density at radius 1 is 1.41 bits per heavy atom. The molecule has 1 aliphatic rings. The quantitative estimate of drug-likeness (QED) is 0.774. The third-order valence-corrected chi connectivity index (χ3v) is 5.11. The molecule has 1 heterocycles. The van der Waals surface area contributed by atoms with Gasteiger partial charge in [-0.25, -0.2) is 8.78 Å². The molecule has 0 aromatic carbocycles. The van der Waals surface area contributed by atoms with Crippen molar-refractivity contribution in [2.24, 2.45) is 0 Å². The van der Waals surface area contributed by atoms with E-state index in [-0.39, 0.29) is 18.4 Å². The molecule has 1 saturated carbocycles. The van der Waals surface area contributed by atoms with Crippen LogP contribution in [-0.2, 0) is 0 Å². The Labute approximate surface area is 132 Å². The van der Waals surface area contributed by atoms with Gasteiger partial charge in [0.05, 0.1) is 17.8 Å². The highest BCUT2D eigenvalue weighted by molar-refractivity contribution is 7.10. The van der Waals surface area contributed by atoms with Crippen molar-refractivity contribution in [3.05, 3.63) is 11.3 Å². The van der Waals surface area contributed by atoms with Gasteiger partial charge >= 0.3 is 0 Å². The average molecular weight is 333 g/mol. The van der Waals surface area contributed by atoms with Gasteiger partial charge in [-0.05, 0) is 31.3 Å². The summed E-state index contributed by atoms with van der Waals surface area (Å²) in [5.74, 6) is -3.95. The van der Waals surface area contributed by atoms with Gasteiger partial charge < -0.3 is 15.7 Å². The third kappa shape index (κ3) is 3.22. The van der Waals surface area contributed by atoms with E-state index in [9.17, 15) is 18.7 Å². The summed E-state index contributed by atoms with van der Waals surface area (Å²) in [6.07, 6.45) is 2.15. The van der Waals surface area contributed by atoms with E-state index >= 15 is 0 Å². The summed E-state index contributed by atoms with van der Waals surface area (Å²) >= 11 is 1.11. The molecule has 8 heteroatoms. The maximum absolute atomic E-state index is 14.3. The number of halogens is 2.